The zero-order valence-electron chi connectivity index (χ0n) is 23.1. The van der Waals surface area contributed by atoms with Gasteiger partial charge in [0.25, 0.3) is 5.91 Å². The number of nitrogens with zero attached hydrogens (tertiary/aromatic N) is 1. The van der Waals surface area contributed by atoms with E-state index in [1.54, 1.807) is 61.5 Å². The molecule has 218 valence electrons. The SMILES string of the molecule is COC(=O)C1=C(C)NC(=O)N[C@H]1c1ccc(OCC(=O)N/N=C\c2ccc(OCc3cccc(F)c3)cc2)c(OC)c1. The van der Waals surface area contributed by atoms with Crippen LogP contribution in [-0.2, 0) is 20.9 Å². The lowest BCUT2D eigenvalue weighted by atomic mass is 9.95. The van der Waals surface area contributed by atoms with Crippen LogP contribution in [0.15, 0.2) is 83.1 Å². The average Bonchev–Trinajstić information content (AvgIpc) is 2.99. The van der Waals surface area contributed by atoms with Crippen LogP contribution in [0.5, 0.6) is 17.2 Å². The van der Waals surface area contributed by atoms with E-state index < -0.39 is 23.9 Å². The fraction of sp³-hybridized carbons (Fsp3) is 0.200. The highest BCUT2D eigenvalue weighted by molar-refractivity contribution is 5.95. The Balaban J connectivity index is 1.30. The molecule has 0 aliphatic carbocycles. The molecule has 0 fully saturated rings. The smallest absolute Gasteiger partial charge is 0.337 e. The lowest BCUT2D eigenvalue weighted by Crippen LogP contribution is -2.45. The number of ether oxygens (including phenoxy) is 4. The Kier molecular flexibility index (Phi) is 9.72. The fourth-order valence-corrected chi connectivity index (χ4v) is 4.11. The van der Waals surface area contributed by atoms with E-state index in [-0.39, 0.29) is 36.1 Å². The first-order chi connectivity index (χ1) is 20.3. The normalized spacial score (nSPS) is 14.6. The summed E-state index contributed by atoms with van der Waals surface area (Å²) < 4.78 is 34.8. The molecule has 3 aromatic carbocycles. The second-order valence-corrected chi connectivity index (χ2v) is 9.04. The standard InChI is InChI=1S/C30H29FN4O7/c1-18-27(29(37)40-3)28(34-30(38)33-18)21-9-12-24(25(14-21)39-2)42-17-26(36)35-32-15-19-7-10-23(11-8-19)41-16-20-5-4-6-22(31)13-20/h4-15,28H,16-17H2,1-3H3,(H,35,36)(H2,33,34,38)/b32-15-/t28-/m0/s1. The third-order valence-electron chi connectivity index (χ3n) is 6.13. The van der Waals surface area contributed by atoms with Crippen molar-refractivity contribution in [1.82, 2.24) is 16.1 Å². The van der Waals surface area contributed by atoms with Crippen molar-refractivity contribution in [3.63, 3.8) is 0 Å². The maximum absolute atomic E-state index is 13.3. The maximum Gasteiger partial charge on any atom is 0.337 e. The number of carbonyl (C=O) groups is 3. The van der Waals surface area contributed by atoms with Crippen LogP contribution < -0.4 is 30.3 Å². The number of urea groups is 1. The molecule has 4 rings (SSSR count). The molecule has 0 aromatic heterocycles. The molecule has 42 heavy (non-hydrogen) atoms. The third kappa shape index (κ3) is 7.62. The summed E-state index contributed by atoms with van der Waals surface area (Å²) in [4.78, 5) is 36.7. The number of hydrogen-bond acceptors (Lipinski definition) is 8. The highest BCUT2D eigenvalue weighted by Crippen LogP contribution is 2.34. The van der Waals surface area contributed by atoms with E-state index in [1.165, 1.54) is 32.6 Å². The quantitative estimate of drug-likeness (QED) is 0.180. The molecular weight excluding hydrogens is 547 g/mol. The van der Waals surface area contributed by atoms with Crippen LogP contribution in [0, 0.1) is 5.82 Å². The largest absolute Gasteiger partial charge is 0.493 e. The number of hydrogen-bond donors (Lipinski definition) is 3. The molecule has 1 aliphatic rings. The molecule has 12 heteroatoms. The number of hydrazone groups is 1. The second-order valence-electron chi connectivity index (χ2n) is 9.04. The van der Waals surface area contributed by atoms with Gasteiger partial charge in [0.2, 0.25) is 0 Å². The summed E-state index contributed by atoms with van der Waals surface area (Å²) in [6, 6.07) is 16.7. The summed E-state index contributed by atoms with van der Waals surface area (Å²) in [5.74, 6) is -0.257. The topological polar surface area (TPSA) is 137 Å². The minimum absolute atomic E-state index is 0.231. The Morgan fingerprint density at radius 3 is 2.52 bits per heavy atom. The van der Waals surface area contributed by atoms with Crippen molar-refractivity contribution in [3.05, 3.63) is 101 Å². The van der Waals surface area contributed by atoms with Crippen molar-refractivity contribution >= 4 is 24.1 Å². The van der Waals surface area contributed by atoms with Gasteiger partial charge in [-0.2, -0.15) is 5.10 Å². The molecule has 0 bridgehead atoms. The first-order valence-electron chi connectivity index (χ1n) is 12.7. The van der Waals surface area contributed by atoms with Gasteiger partial charge in [-0.3, -0.25) is 4.79 Å². The maximum atomic E-state index is 13.3. The van der Waals surface area contributed by atoms with Crippen molar-refractivity contribution < 1.29 is 37.7 Å². The summed E-state index contributed by atoms with van der Waals surface area (Å²) >= 11 is 0. The number of methoxy groups -OCH3 is 2. The summed E-state index contributed by atoms with van der Waals surface area (Å²) in [5.41, 5.74) is 4.99. The molecule has 11 nitrogen and oxygen atoms in total. The summed E-state index contributed by atoms with van der Waals surface area (Å²) in [5, 5.41) is 9.20. The van der Waals surface area contributed by atoms with Crippen LogP contribution in [0.4, 0.5) is 9.18 Å². The molecule has 3 aromatic rings. The summed E-state index contributed by atoms with van der Waals surface area (Å²) in [6.45, 7) is 1.49. The van der Waals surface area contributed by atoms with E-state index >= 15 is 0 Å². The summed E-state index contributed by atoms with van der Waals surface area (Å²) in [7, 11) is 2.68. The molecule has 0 unspecified atom stereocenters. The van der Waals surface area contributed by atoms with Crippen molar-refractivity contribution in [2.75, 3.05) is 20.8 Å². The number of allylic oxidation sites excluding steroid dienone is 1. The summed E-state index contributed by atoms with van der Waals surface area (Å²) in [6.07, 6.45) is 1.46. The van der Waals surface area contributed by atoms with Gasteiger partial charge < -0.3 is 29.6 Å². The first-order valence-corrected chi connectivity index (χ1v) is 12.7. The Hall–Kier alpha value is -5.39. The number of nitrogens with one attached hydrogen (secondary N) is 3. The number of carbonyl (C=O) groups excluding carboxylic acids is 3. The van der Waals surface area contributed by atoms with Crippen LogP contribution in [0.2, 0.25) is 0 Å². The Morgan fingerprint density at radius 2 is 1.81 bits per heavy atom. The van der Waals surface area contributed by atoms with Gasteiger partial charge in [-0.1, -0.05) is 18.2 Å². The van der Waals surface area contributed by atoms with Crippen LogP contribution in [-0.4, -0.2) is 44.9 Å². The minimum Gasteiger partial charge on any atom is -0.493 e. The molecule has 0 spiro atoms. The molecule has 1 aliphatic heterocycles. The molecule has 3 amide bonds. The Labute approximate surface area is 241 Å². The van der Waals surface area contributed by atoms with E-state index in [2.05, 4.69) is 21.2 Å². The first kappa shape index (κ1) is 29.6. The van der Waals surface area contributed by atoms with E-state index in [1.807, 2.05) is 0 Å². The van der Waals surface area contributed by atoms with Gasteiger partial charge in [0.05, 0.1) is 32.0 Å². The van der Waals surface area contributed by atoms with Gasteiger partial charge in [0.1, 0.15) is 18.2 Å². The van der Waals surface area contributed by atoms with Crippen molar-refractivity contribution in [1.29, 1.82) is 0 Å². The van der Waals surface area contributed by atoms with Gasteiger partial charge in [-0.25, -0.2) is 19.4 Å². The Bertz CT molecular complexity index is 1520. The predicted octanol–water partition coefficient (Wildman–Crippen LogP) is 3.74. The van der Waals surface area contributed by atoms with Crippen molar-refractivity contribution in [2.24, 2.45) is 5.10 Å². The van der Waals surface area contributed by atoms with Crippen LogP contribution >= 0.6 is 0 Å². The van der Waals surface area contributed by atoms with E-state index in [9.17, 15) is 18.8 Å². The van der Waals surface area contributed by atoms with Crippen LogP contribution in [0.3, 0.4) is 0 Å². The highest BCUT2D eigenvalue weighted by atomic mass is 19.1. The lowest BCUT2D eigenvalue weighted by molar-refractivity contribution is -0.136. The van der Waals surface area contributed by atoms with Crippen LogP contribution in [0.1, 0.15) is 29.7 Å². The zero-order chi connectivity index (χ0) is 30.1. The Morgan fingerprint density at radius 1 is 1.02 bits per heavy atom. The van der Waals surface area contributed by atoms with E-state index in [0.29, 0.717) is 28.1 Å². The second kappa shape index (κ2) is 13.8. The molecule has 1 atom stereocenters. The van der Waals surface area contributed by atoms with E-state index in [4.69, 9.17) is 18.9 Å². The molecule has 3 N–H and O–H groups in total. The molecule has 0 saturated carbocycles. The molecular formula is C30H29FN4O7. The number of amides is 3. The molecule has 0 radical (unpaired) electrons. The van der Waals surface area contributed by atoms with Gasteiger partial charge >= 0.3 is 12.0 Å². The average molecular weight is 577 g/mol. The number of esters is 1. The fourth-order valence-electron chi connectivity index (χ4n) is 4.11. The monoisotopic (exact) mass is 576 g/mol. The highest BCUT2D eigenvalue weighted by Gasteiger charge is 2.32. The van der Waals surface area contributed by atoms with Crippen LogP contribution in [0.25, 0.3) is 0 Å². The van der Waals surface area contributed by atoms with Gasteiger partial charge in [-0.05, 0) is 72.1 Å². The van der Waals surface area contributed by atoms with Crippen molar-refractivity contribution in [3.8, 4) is 17.2 Å². The number of rotatable bonds is 11. The number of halogens is 1. The van der Waals surface area contributed by atoms with Gasteiger partial charge in [0.15, 0.2) is 18.1 Å². The van der Waals surface area contributed by atoms with Crippen molar-refractivity contribution in [2.45, 2.75) is 19.6 Å². The third-order valence-corrected chi connectivity index (χ3v) is 6.13. The predicted molar refractivity (Wildman–Crippen MR) is 151 cm³/mol. The lowest BCUT2D eigenvalue weighted by Gasteiger charge is -2.28. The van der Waals surface area contributed by atoms with Gasteiger partial charge in [0, 0.05) is 5.70 Å². The zero-order valence-corrected chi connectivity index (χ0v) is 23.1. The number of benzene rings is 3. The van der Waals surface area contributed by atoms with Gasteiger partial charge in [-0.15, -0.1) is 0 Å². The minimum atomic E-state index is -0.777. The molecule has 1 heterocycles. The molecule has 0 saturated heterocycles. The van der Waals surface area contributed by atoms with E-state index in [0.717, 1.165) is 0 Å².